The van der Waals surface area contributed by atoms with Crippen LogP contribution in [0.2, 0.25) is 0 Å². The maximum absolute atomic E-state index is 10.8. The van der Waals surface area contributed by atoms with Gasteiger partial charge in [-0.1, -0.05) is 60.7 Å². The van der Waals surface area contributed by atoms with Gasteiger partial charge in [-0.05, 0) is 47.7 Å². The quantitative estimate of drug-likeness (QED) is 0.592. The molecule has 0 saturated carbocycles. The standard InChI is InChI=1S/C22H20O2/c1-16-17(2)22(24-15-19-6-4-3-5-7-19)13-12-21(16)20-10-8-18(14-23)9-11-20/h3-14H,15H2,1-2H3. The van der Waals surface area contributed by atoms with Gasteiger partial charge in [0.2, 0.25) is 0 Å². The number of hydrogen-bond donors (Lipinski definition) is 0. The average Bonchev–Trinajstić information content (AvgIpc) is 2.64. The molecule has 0 atom stereocenters. The van der Waals surface area contributed by atoms with Crippen LogP contribution in [-0.4, -0.2) is 6.29 Å². The van der Waals surface area contributed by atoms with E-state index < -0.39 is 0 Å². The third kappa shape index (κ3) is 3.38. The van der Waals surface area contributed by atoms with Gasteiger partial charge in [0.25, 0.3) is 0 Å². The molecule has 0 aliphatic carbocycles. The van der Waals surface area contributed by atoms with Crippen LogP contribution in [0.3, 0.4) is 0 Å². The Bertz CT molecular complexity index is 834. The molecule has 0 fully saturated rings. The van der Waals surface area contributed by atoms with Crippen molar-refractivity contribution in [3.63, 3.8) is 0 Å². The molecule has 0 saturated heterocycles. The van der Waals surface area contributed by atoms with Gasteiger partial charge in [0, 0.05) is 5.56 Å². The van der Waals surface area contributed by atoms with Gasteiger partial charge in [0.05, 0.1) is 0 Å². The highest BCUT2D eigenvalue weighted by molar-refractivity contribution is 5.78. The van der Waals surface area contributed by atoms with E-state index in [2.05, 4.69) is 32.0 Å². The van der Waals surface area contributed by atoms with Crippen molar-refractivity contribution in [3.8, 4) is 16.9 Å². The highest BCUT2D eigenvalue weighted by Gasteiger charge is 2.09. The minimum Gasteiger partial charge on any atom is -0.489 e. The van der Waals surface area contributed by atoms with E-state index in [0.29, 0.717) is 12.2 Å². The van der Waals surface area contributed by atoms with Crippen LogP contribution < -0.4 is 4.74 Å². The van der Waals surface area contributed by atoms with Gasteiger partial charge in [-0.3, -0.25) is 4.79 Å². The Morgan fingerprint density at radius 3 is 2.21 bits per heavy atom. The van der Waals surface area contributed by atoms with Crippen molar-refractivity contribution in [1.29, 1.82) is 0 Å². The van der Waals surface area contributed by atoms with Crippen LogP contribution in [0.15, 0.2) is 66.7 Å². The SMILES string of the molecule is Cc1c(OCc2ccccc2)ccc(-c2ccc(C=O)cc2)c1C. The van der Waals surface area contributed by atoms with E-state index in [1.54, 1.807) is 0 Å². The van der Waals surface area contributed by atoms with Crippen LogP contribution in [-0.2, 0) is 6.61 Å². The lowest BCUT2D eigenvalue weighted by atomic mass is 9.96. The summed E-state index contributed by atoms with van der Waals surface area (Å²) in [6.45, 7) is 4.75. The van der Waals surface area contributed by atoms with E-state index in [1.807, 2.05) is 48.5 Å². The summed E-state index contributed by atoms with van der Waals surface area (Å²) in [5.41, 5.74) is 6.45. The van der Waals surface area contributed by atoms with Crippen LogP contribution in [0.4, 0.5) is 0 Å². The third-order valence-corrected chi connectivity index (χ3v) is 4.33. The van der Waals surface area contributed by atoms with Crippen molar-refractivity contribution >= 4 is 6.29 Å². The predicted molar refractivity (Wildman–Crippen MR) is 97.5 cm³/mol. The number of benzene rings is 3. The molecule has 3 rings (SSSR count). The molecule has 0 unspecified atom stereocenters. The van der Waals surface area contributed by atoms with Crippen LogP contribution in [0.5, 0.6) is 5.75 Å². The molecule has 2 nitrogen and oxygen atoms in total. The van der Waals surface area contributed by atoms with Crippen molar-refractivity contribution in [3.05, 3.63) is 89.0 Å². The molecule has 3 aromatic rings. The van der Waals surface area contributed by atoms with Crippen LogP contribution in [0.1, 0.15) is 27.0 Å². The van der Waals surface area contributed by atoms with Gasteiger partial charge in [0.1, 0.15) is 18.6 Å². The lowest BCUT2D eigenvalue weighted by molar-refractivity contribution is 0.112. The van der Waals surface area contributed by atoms with Crippen molar-refractivity contribution < 1.29 is 9.53 Å². The van der Waals surface area contributed by atoms with Crippen LogP contribution in [0.25, 0.3) is 11.1 Å². The Hall–Kier alpha value is -2.87. The molecule has 3 aromatic carbocycles. The van der Waals surface area contributed by atoms with Crippen LogP contribution in [0, 0.1) is 13.8 Å². The van der Waals surface area contributed by atoms with Crippen molar-refractivity contribution in [2.24, 2.45) is 0 Å². The van der Waals surface area contributed by atoms with E-state index in [9.17, 15) is 4.79 Å². The number of aldehydes is 1. The Morgan fingerprint density at radius 2 is 1.54 bits per heavy atom. The molecular formula is C22H20O2. The summed E-state index contributed by atoms with van der Waals surface area (Å²) in [5, 5.41) is 0. The fourth-order valence-electron chi connectivity index (χ4n) is 2.74. The van der Waals surface area contributed by atoms with Gasteiger partial charge in [-0.15, -0.1) is 0 Å². The van der Waals surface area contributed by atoms with Crippen molar-refractivity contribution in [2.75, 3.05) is 0 Å². The first kappa shape index (κ1) is 16.0. The number of hydrogen-bond acceptors (Lipinski definition) is 2. The lowest BCUT2D eigenvalue weighted by Crippen LogP contribution is -1.99. The second-order valence-electron chi connectivity index (χ2n) is 5.88. The molecule has 120 valence electrons. The van der Waals surface area contributed by atoms with Gasteiger partial charge < -0.3 is 4.74 Å². The molecule has 0 spiro atoms. The summed E-state index contributed by atoms with van der Waals surface area (Å²) >= 11 is 0. The molecule has 0 radical (unpaired) electrons. The zero-order valence-electron chi connectivity index (χ0n) is 14.0. The zero-order valence-corrected chi connectivity index (χ0v) is 14.0. The fraction of sp³-hybridized carbons (Fsp3) is 0.136. The Balaban J connectivity index is 1.84. The van der Waals surface area contributed by atoms with E-state index in [-0.39, 0.29) is 0 Å². The summed E-state index contributed by atoms with van der Waals surface area (Å²) in [7, 11) is 0. The zero-order chi connectivity index (χ0) is 16.9. The first-order chi connectivity index (χ1) is 11.7. The number of carbonyl (C=O) groups is 1. The fourth-order valence-corrected chi connectivity index (χ4v) is 2.74. The molecule has 0 N–H and O–H groups in total. The molecule has 0 aliphatic heterocycles. The summed E-state index contributed by atoms with van der Waals surface area (Å²) in [5.74, 6) is 0.907. The second-order valence-corrected chi connectivity index (χ2v) is 5.88. The molecule has 0 heterocycles. The van der Waals surface area contributed by atoms with Crippen LogP contribution >= 0.6 is 0 Å². The highest BCUT2D eigenvalue weighted by Crippen LogP contribution is 2.31. The summed E-state index contributed by atoms with van der Waals surface area (Å²) < 4.78 is 5.98. The molecule has 0 amide bonds. The van der Waals surface area contributed by atoms with Gasteiger partial charge in [-0.2, -0.15) is 0 Å². The third-order valence-electron chi connectivity index (χ3n) is 4.33. The van der Waals surface area contributed by atoms with E-state index in [0.717, 1.165) is 34.3 Å². The largest absolute Gasteiger partial charge is 0.489 e. The van der Waals surface area contributed by atoms with E-state index >= 15 is 0 Å². The molecule has 0 aromatic heterocycles. The van der Waals surface area contributed by atoms with Crippen molar-refractivity contribution in [1.82, 2.24) is 0 Å². The maximum Gasteiger partial charge on any atom is 0.150 e. The van der Waals surface area contributed by atoms with Gasteiger partial charge in [0.15, 0.2) is 0 Å². The minimum absolute atomic E-state index is 0.564. The Kier molecular flexibility index (Phi) is 4.76. The lowest BCUT2D eigenvalue weighted by Gasteiger charge is -2.15. The number of carbonyl (C=O) groups excluding carboxylic acids is 1. The minimum atomic E-state index is 0.564. The maximum atomic E-state index is 10.8. The second kappa shape index (κ2) is 7.14. The normalized spacial score (nSPS) is 10.4. The molecule has 0 aliphatic rings. The molecule has 0 bridgehead atoms. The summed E-state index contributed by atoms with van der Waals surface area (Å²) in [4.78, 5) is 10.8. The monoisotopic (exact) mass is 316 g/mol. The number of rotatable bonds is 5. The van der Waals surface area contributed by atoms with Gasteiger partial charge in [-0.25, -0.2) is 0 Å². The molecule has 2 heteroatoms. The summed E-state index contributed by atoms with van der Waals surface area (Å²) in [6.07, 6.45) is 0.863. The predicted octanol–water partition coefficient (Wildman–Crippen LogP) is 5.36. The molecule has 24 heavy (non-hydrogen) atoms. The topological polar surface area (TPSA) is 26.3 Å². The van der Waals surface area contributed by atoms with E-state index in [4.69, 9.17) is 4.74 Å². The Morgan fingerprint density at radius 1 is 0.833 bits per heavy atom. The average molecular weight is 316 g/mol. The summed E-state index contributed by atoms with van der Waals surface area (Å²) in [6, 6.07) is 21.9. The number of ether oxygens (including phenoxy) is 1. The first-order valence-electron chi connectivity index (χ1n) is 8.01. The first-order valence-corrected chi connectivity index (χ1v) is 8.01. The smallest absolute Gasteiger partial charge is 0.150 e. The van der Waals surface area contributed by atoms with Gasteiger partial charge >= 0.3 is 0 Å². The van der Waals surface area contributed by atoms with Crippen molar-refractivity contribution in [2.45, 2.75) is 20.5 Å². The highest BCUT2D eigenvalue weighted by atomic mass is 16.5. The Labute approximate surface area is 142 Å². The molecular weight excluding hydrogens is 296 g/mol. The van der Waals surface area contributed by atoms with E-state index in [1.165, 1.54) is 5.56 Å².